The highest BCUT2D eigenvalue weighted by Crippen LogP contribution is 2.36. The van der Waals surface area contributed by atoms with Crippen LogP contribution in [0.5, 0.6) is 0 Å². The molecule has 2 nitrogen and oxygen atoms in total. The Hall–Kier alpha value is -0.0800. The second-order valence-electron chi connectivity index (χ2n) is 6.80. The van der Waals surface area contributed by atoms with E-state index in [1.54, 1.807) is 7.11 Å². The predicted molar refractivity (Wildman–Crippen MR) is 72.1 cm³/mol. The van der Waals surface area contributed by atoms with Gasteiger partial charge in [-0.3, -0.25) is 0 Å². The Labute approximate surface area is 107 Å². The molecule has 1 aliphatic carbocycles. The minimum absolute atomic E-state index is 0.262. The number of aliphatic hydroxyl groups is 1. The minimum atomic E-state index is -0.301. The van der Waals surface area contributed by atoms with Crippen molar-refractivity contribution in [1.82, 2.24) is 0 Å². The van der Waals surface area contributed by atoms with Crippen LogP contribution in [0.4, 0.5) is 0 Å². The number of methoxy groups -OCH3 is 1. The van der Waals surface area contributed by atoms with Gasteiger partial charge in [0.15, 0.2) is 0 Å². The minimum Gasteiger partial charge on any atom is -0.390 e. The Morgan fingerprint density at radius 3 is 2.06 bits per heavy atom. The fourth-order valence-corrected chi connectivity index (χ4v) is 2.83. The largest absolute Gasteiger partial charge is 0.390 e. The highest BCUT2D eigenvalue weighted by molar-refractivity contribution is 4.90. The molecule has 17 heavy (non-hydrogen) atoms. The van der Waals surface area contributed by atoms with E-state index in [1.807, 2.05) is 0 Å². The van der Waals surface area contributed by atoms with Crippen molar-refractivity contribution in [3.8, 4) is 0 Å². The number of rotatable bonds is 4. The summed E-state index contributed by atoms with van der Waals surface area (Å²) in [4.78, 5) is 0. The summed E-state index contributed by atoms with van der Waals surface area (Å²) in [5.74, 6) is 0. The average Bonchev–Trinajstić information content (AvgIpc) is 2.51. The van der Waals surface area contributed by atoms with Gasteiger partial charge in [-0.1, -0.05) is 46.5 Å². The van der Waals surface area contributed by atoms with E-state index in [1.165, 1.54) is 25.7 Å². The zero-order valence-corrected chi connectivity index (χ0v) is 12.1. The molecule has 1 N–H and O–H groups in total. The Balaban J connectivity index is 2.57. The summed E-state index contributed by atoms with van der Waals surface area (Å²) in [5, 5.41) is 10.5. The van der Waals surface area contributed by atoms with Gasteiger partial charge in [0.2, 0.25) is 0 Å². The van der Waals surface area contributed by atoms with E-state index in [4.69, 9.17) is 4.74 Å². The first-order chi connectivity index (χ1) is 7.90. The number of ether oxygens (including phenoxy) is 1. The zero-order valence-electron chi connectivity index (χ0n) is 12.1. The highest BCUT2D eigenvalue weighted by Gasteiger charge is 2.38. The van der Waals surface area contributed by atoms with Gasteiger partial charge in [-0.2, -0.15) is 0 Å². The molecule has 1 rings (SSSR count). The Morgan fingerprint density at radius 2 is 1.65 bits per heavy atom. The first-order valence-electron chi connectivity index (χ1n) is 7.13. The van der Waals surface area contributed by atoms with Crippen molar-refractivity contribution < 1.29 is 9.84 Å². The van der Waals surface area contributed by atoms with E-state index in [9.17, 15) is 5.11 Å². The standard InChI is InChI=1S/C15H30O2/c1-14(2,3)12-9-13(16)15(17-4)10-7-5-6-8-11-15/h13,16H,5-12H2,1-4H3. The third kappa shape index (κ3) is 4.59. The van der Waals surface area contributed by atoms with E-state index >= 15 is 0 Å². The fraction of sp³-hybridized carbons (Fsp3) is 1.00. The molecular formula is C15H30O2. The van der Waals surface area contributed by atoms with Crippen LogP contribution < -0.4 is 0 Å². The Bertz CT molecular complexity index is 209. The van der Waals surface area contributed by atoms with Crippen LogP contribution in [-0.2, 0) is 4.74 Å². The quantitative estimate of drug-likeness (QED) is 0.757. The van der Waals surface area contributed by atoms with Crippen LogP contribution in [0, 0.1) is 5.41 Å². The normalized spacial score (nSPS) is 23.1. The molecule has 1 saturated carbocycles. The van der Waals surface area contributed by atoms with Crippen LogP contribution in [0.1, 0.15) is 72.1 Å². The number of hydrogen-bond donors (Lipinski definition) is 1. The van der Waals surface area contributed by atoms with Crippen LogP contribution in [0.3, 0.4) is 0 Å². The molecule has 102 valence electrons. The summed E-state index contributed by atoms with van der Waals surface area (Å²) >= 11 is 0. The van der Waals surface area contributed by atoms with Crippen LogP contribution in [0.2, 0.25) is 0 Å². The molecule has 0 aromatic rings. The summed E-state index contributed by atoms with van der Waals surface area (Å²) in [6.07, 6.45) is 8.62. The Kier molecular flexibility index (Phi) is 5.46. The van der Waals surface area contributed by atoms with Crippen molar-refractivity contribution in [2.45, 2.75) is 83.8 Å². The first kappa shape index (κ1) is 15.0. The van der Waals surface area contributed by atoms with Gasteiger partial charge in [-0.05, 0) is 31.1 Å². The second kappa shape index (κ2) is 6.19. The maximum atomic E-state index is 10.5. The topological polar surface area (TPSA) is 29.5 Å². The van der Waals surface area contributed by atoms with Crippen molar-refractivity contribution in [3.05, 3.63) is 0 Å². The smallest absolute Gasteiger partial charge is 0.0936 e. The molecule has 0 amide bonds. The molecule has 1 aliphatic rings. The second-order valence-corrected chi connectivity index (χ2v) is 6.80. The maximum absolute atomic E-state index is 10.5. The van der Waals surface area contributed by atoms with Crippen molar-refractivity contribution in [1.29, 1.82) is 0 Å². The molecule has 0 bridgehead atoms. The molecule has 1 atom stereocenters. The average molecular weight is 242 g/mol. The molecule has 0 radical (unpaired) electrons. The fourth-order valence-electron chi connectivity index (χ4n) is 2.83. The molecule has 1 unspecified atom stereocenters. The van der Waals surface area contributed by atoms with Gasteiger partial charge in [0.1, 0.15) is 0 Å². The van der Waals surface area contributed by atoms with Crippen molar-refractivity contribution in [2.24, 2.45) is 5.41 Å². The molecule has 1 fully saturated rings. The Morgan fingerprint density at radius 1 is 1.12 bits per heavy atom. The lowest BCUT2D eigenvalue weighted by Gasteiger charge is -2.37. The van der Waals surface area contributed by atoms with Gasteiger partial charge in [-0.25, -0.2) is 0 Å². The van der Waals surface area contributed by atoms with Crippen LogP contribution in [0.15, 0.2) is 0 Å². The van der Waals surface area contributed by atoms with Gasteiger partial charge < -0.3 is 9.84 Å². The van der Waals surface area contributed by atoms with Crippen molar-refractivity contribution >= 4 is 0 Å². The third-order valence-electron chi connectivity index (χ3n) is 4.13. The maximum Gasteiger partial charge on any atom is 0.0936 e. The van der Waals surface area contributed by atoms with Gasteiger partial charge in [0.05, 0.1) is 11.7 Å². The summed E-state index contributed by atoms with van der Waals surface area (Å²) in [6.45, 7) is 6.69. The summed E-state index contributed by atoms with van der Waals surface area (Å²) < 4.78 is 5.74. The monoisotopic (exact) mass is 242 g/mol. The van der Waals surface area contributed by atoms with Crippen molar-refractivity contribution in [2.75, 3.05) is 7.11 Å². The molecule has 0 spiro atoms. The van der Waals surface area contributed by atoms with Crippen molar-refractivity contribution in [3.63, 3.8) is 0 Å². The molecule has 0 aromatic carbocycles. The number of hydrogen-bond acceptors (Lipinski definition) is 2. The molecule has 0 heterocycles. The molecule has 2 heteroatoms. The van der Waals surface area contributed by atoms with E-state index < -0.39 is 0 Å². The molecular weight excluding hydrogens is 212 g/mol. The summed E-state index contributed by atoms with van der Waals surface area (Å²) in [5.41, 5.74) is 0.0301. The molecule has 0 aliphatic heterocycles. The van der Waals surface area contributed by atoms with Gasteiger partial charge >= 0.3 is 0 Å². The zero-order chi connectivity index (χ0) is 12.9. The lowest BCUT2D eigenvalue weighted by atomic mass is 9.81. The van der Waals surface area contributed by atoms with Crippen LogP contribution in [-0.4, -0.2) is 23.9 Å². The number of aliphatic hydroxyl groups excluding tert-OH is 1. The van der Waals surface area contributed by atoms with Gasteiger partial charge in [0.25, 0.3) is 0 Å². The third-order valence-corrected chi connectivity index (χ3v) is 4.13. The highest BCUT2D eigenvalue weighted by atomic mass is 16.5. The van der Waals surface area contributed by atoms with E-state index in [0.717, 1.165) is 25.7 Å². The summed E-state index contributed by atoms with van der Waals surface area (Å²) in [7, 11) is 1.77. The molecule has 0 saturated heterocycles. The summed E-state index contributed by atoms with van der Waals surface area (Å²) in [6, 6.07) is 0. The van der Waals surface area contributed by atoms with E-state index in [2.05, 4.69) is 20.8 Å². The predicted octanol–water partition coefficient (Wildman–Crippen LogP) is 3.91. The van der Waals surface area contributed by atoms with Gasteiger partial charge in [-0.15, -0.1) is 0 Å². The lowest BCUT2D eigenvalue weighted by Crippen LogP contribution is -2.44. The van der Waals surface area contributed by atoms with Crippen LogP contribution >= 0.6 is 0 Å². The van der Waals surface area contributed by atoms with Gasteiger partial charge in [0, 0.05) is 7.11 Å². The van der Waals surface area contributed by atoms with Crippen LogP contribution in [0.25, 0.3) is 0 Å². The van der Waals surface area contributed by atoms with E-state index in [0.29, 0.717) is 5.41 Å². The lowest BCUT2D eigenvalue weighted by molar-refractivity contribution is -0.116. The first-order valence-corrected chi connectivity index (χ1v) is 7.13. The SMILES string of the molecule is COC1(C(O)CCC(C)(C)C)CCCCCC1. The molecule has 0 aromatic heterocycles. The van der Waals surface area contributed by atoms with E-state index in [-0.39, 0.29) is 11.7 Å².